The normalized spacial score (nSPS) is 10.2. The monoisotopic (exact) mass is 210 g/mol. The van der Waals surface area contributed by atoms with Gasteiger partial charge in [0, 0.05) is 0 Å². The molecule has 0 bridgehead atoms. The van der Waals surface area contributed by atoms with Gasteiger partial charge in [0.1, 0.15) is 0 Å². The molecule has 0 radical (unpaired) electrons. The van der Waals surface area contributed by atoms with Gasteiger partial charge in [-0.3, -0.25) is 9.89 Å². The minimum atomic E-state index is -0.0869. The van der Waals surface area contributed by atoms with Gasteiger partial charge in [0.2, 0.25) is 0 Å². The first-order chi connectivity index (χ1) is 6.27. The van der Waals surface area contributed by atoms with Crippen molar-refractivity contribution in [1.29, 1.82) is 0 Å². The summed E-state index contributed by atoms with van der Waals surface area (Å²) in [5, 5.41) is 2.80. The summed E-state index contributed by atoms with van der Waals surface area (Å²) in [6.45, 7) is 0. The molecule has 13 heavy (non-hydrogen) atoms. The molecular weight excluding hydrogens is 204 g/mol. The Bertz CT molecular complexity index is 509. The van der Waals surface area contributed by atoms with Crippen molar-refractivity contribution in [3.8, 4) is 5.69 Å². The van der Waals surface area contributed by atoms with Crippen LogP contribution in [-0.4, -0.2) is 9.78 Å². The highest BCUT2D eigenvalue weighted by Crippen LogP contribution is 2.03. The summed E-state index contributed by atoms with van der Waals surface area (Å²) in [7, 11) is 0. The predicted octanol–water partition coefficient (Wildman–Crippen LogP) is 1.96. The lowest BCUT2D eigenvalue weighted by molar-refractivity contribution is 0.846. The zero-order chi connectivity index (χ0) is 9.26. The van der Waals surface area contributed by atoms with Gasteiger partial charge in [-0.05, 0) is 35.7 Å². The first kappa shape index (κ1) is 8.40. The van der Waals surface area contributed by atoms with E-state index in [1.165, 1.54) is 4.68 Å². The summed E-state index contributed by atoms with van der Waals surface area (Å²) in [4.78, 5) is 11.2. The minimum Gasteiger partial charge on any atom is -0.271 e. The maximum atomic E-state index is 11.3. The van der Waals surface area contributed by atoms with Gasteiger partial charge in [0.25, 0.3) is 0 Å². The first-order valence-corrected chi connectivity index (χ1v) is 4.87. The molecule has 0 saturated carbocycles. The Kier molecular flexibility index (Phi) is 2.12. The van der Waals surface area contributed by atoms with Crippen molar-refractivity contribution in [1.82, 2.24) is 9.78 Å². The number of H-pyrrole nitrogens is 1. The molecule has 1 aromatic heterocycles. The molecule has 0 aliphatic rings. The van der Waals surface area contributed by atoms with Crippen molar-refractivity contribution >= 4 is 23.6 Å². The van der Waals surface area contributed by atoms with Gasteiger partial charge in [-0.2, -0.15) is 0 Å². The maximum Gasteiger partial charge on any atom is 0.329 e. The summed E-state index contributed by atoms with van der Waals surface area (Å²) in [5.41, 5.74) is 0.805. The fourth-order valence-electron chi connectivity index (χ4n) is 1.03. The van der Waals surface area contributed by atoms with E-state index in [4.69, 9.17) is 12.2 Å². The molecule has 0 aliphatic carbocycles. The Labute approximate surface area is 83.3 Å². The zero-order valence-electron chi connectivity index (χ0n) is 6.56. The number of rotatable bonds is 1. The highest BCUT2D eigenvalue weighted by atomic mass is 32.1. The lowest BCUT2D eigenvalue weighted by Crippen LogP contribution is -2.11. The van der Waals surface area contributed by atoms with Gasteiger partial charge in [-0.15, -0.1) is 0 Å². The molecule has 3 nitrogen and oxygen atoms in total. The molecule has 0 aliphatic heterocycles. The van der Waals surface area contributed by atoms with Crippen LogP contribution >= 0.6 is 23.6 Å². The van der Waals surface area contributed by atoms with Gasteiger partial charge in [-0.1, -0.05) is 18.2 Å². The number of benzene rings is 1. The van der Waals surface area contributed by atoms with Crippen LogP contribution in [0.5, 0.6) is 0 Å². The van der Waals surface area contributed by atoms with Crippen molar-refractivity contribution < 1.29 is 0 Å². The largest absolute Gasteiger partial charge is 0.329 e. The van der Waals surface area contributed by atoms with E-state index in [-0.39, 0.29) is 4.87 Å². The Morgan fingerprint density at radius 2 is 2.00 bits per heavy atom. The highest BCUT2D eigenvalue weighted by Gasteiger charge is 1.99. The molecule has 0 saturated heterocycles. The van der Waals surface area contributed by atoms with Crippen LogP contribution in [0.1, 0.15) is 0 Å². The van der Waals surface area contributed by atoms with Crippen molar-refractivity contribution in [2.75, 3.05) is 0 Å². The fraction of sp³-hybridized carbons (Fsp3) is 0. The second-order valence-corrected chi connectivity index (χ2v) is 4.07. The molecular formula is C8H6N2OS2. The van der Waals surface area contributed by atoms with Gasteiger partial charge in [0.15, 0.2) is 3.95 Å². The summed E-state index contributed by atoms with van der Waals surface area (Å²) in [6.07, 6.45) is 0. The molecule has 1 heterocycles. The van der Waals surface area contributed by atoms with Crippen LogP contribution in [0.2, 0.25) is 0 Å². The molecule has 0 spiro atoms. The van der Waals surface area contributed by atoms with Crippen LogP contribution in [-0.2, 0) is 0 Å². The number of aromatic nitrogens is 2. The van der Waals surface area contributed by atoms with Crippen LogP contribution in [0.15, 0.2) is 35.1 Å². The number of para-hydroxylation sites is 1. The van der Waals surface area contributed by atoms with Gasteiger partial charge in [0.05, 0.1) is 5.69 Å². The van der Waals surface area contributed by atoms with Crippen LogP contribution in [0.4, 0.5) is 0 Å². The molecule has 2 aromatic rings. The summed E-state index contributed by atoms with van der Waals surface area (Å²) in [5.74, 6) is 0. The maximum absolute atomic E-state index is 11.3. The van der Waals surface area contributed by atoms with E-state index in [0.717, 1.165) is 17.0 Å². The molecule has 0 unspecified atom stereocenters. The van der Waals surface area contributed by atoms with Gasteiger partial charge in [-0.25, -0.2) is 4.68 Å². The van der Waals surface area contributed by atoms with Gasteiger partial charge < -0.3 is 0 Å². The molecule has 1 aromatic carbocycles. The number of hydrogen-bond acceptors (Lipinski definition) is 3. The quantitative estimate of drug-likeness (QED) is 0.731. The second-order valence-electron chi connectivity index (χ2n) is 2.44. The smallest absolute Gasteiger partial charge is 0.271 e. The van der Waals surface area contributed by atoms with Crippen molar-refractivity contribution in [2.45, 2.75) is 0 Å². The zero-order valence-corrected chi connectivity index (χ0v) is 8.19. The lowest BCUT2D eigenvalue weighted by atomic mass is 10.3. The Morgan fingerprint density at radius 1 is 1.31 bits per heavy atom. The number of aromatic amines is 1. The topological polar surface area (TPSA) is 37.8 Å². The van der Waals surface area contributed by atoms with E-state index >= 15 is 0 Å². The molecule has 2 rings (SSSR count). The predicted molar refractivity (Wildman–Crippen MR) is 55.1 cm³/mol. The average Bonchev–Trinajstić information content (AvgIpc) is 2.47. The Hall–Kier alpha value is -1.20. The third-order valence-electron chi connectivity index (χ3n) is 1.58. The Morgan fingerprint density at radius 3 is 2.54 bits per heavy atom. The van der Waals surface area contributed by atoms with Crippen LogP contribution in [0.25, 0.3) is 5.69 Å². The molecule has 0 amide bonds. The fourth-order valence-corrected chi connectivity index (χ4v) is 1.87. The van der Waals surface area contributed by atoms with E-state index in [2.05, 4.69) is 5.10 Å². The van der Waals surface area contributed by atoms with E-state index in [1.807, 2.05) is 30.3 Å². The average molecular weight is 210 g/mol. The number of nitrogens with zero attached hydrogens (tertiary/aromatic N) is 1. The Balaban J connectivity index is 2.66. The van der Waals surface area contributed by atoms with Crippen molar-refractivity contribution in [3.63, 3.8) is 0 Å². The van der Waals surface area contributed by atoms with E-state index in [9.17, 15) is 4.79 Å². The summed E-state index contributed by atoms with van der Waals surface area (Å²) in [6, 6.07) is 9.33. The third kappa shape index (κ3) is 1.61. The molecule has 66 valence electrons. The van der Waals surface area contributed by atoms with Crippen LogP contribution < -0.4 is 4.87 Å². The van der Waals surface area contributed by atoms with E-state index in [0.29, 0.717) is 3.95 Å². The summed E-state index contributed by atoms with van der Waals surface area (Å²) >= 11 is 5.89. The van der Waals surface area contributed by atoms with Crippen molar-refractivity contribution in [2.24, 2.45) is 0 Å². The van der Waals surface area contributed by atoms with E-state index < -0.39 is 0 Å². The second kappa shape index (κ2) is 3.27. The van der Waals surface area contributed by atoms with Crippen molar-refractivity contribution in [3.05, 3.63) is 44.0 Å². The molecule has 0 atom stereocenters. The van der Waals surface area contributed by atoms with Crippen LogP contribution in [0.3, 0.4) is 0 Å². The first-order valence-electron chi connectivity index (χ1n) is 3.65. The SMILES string of the molecule is O=c1sc(=S)[nH]n1-c1ccccc1. The number of hydrogen-bond donors (Lipinski definition) is 1. The lowest BCUT2D eigenvalue weighted by Gasteiger charge is -1.97. The standard InChI is InChI=1S/C8H6N2OS2/c11-8-10(9-7(12)13-8)6-4-2-1-3-5-6/h1-5H,(H,9,12). The molecule has 1 N–H and O–H groups in total. The number of nitrogens with one attached hydrogen (secondary N) is 1. The van der Waals surface area contributed by atoms with E-state index in [1.54, 1.807) is 0 Å². The summed E-state index contributed by atoms with van der Waals surface area (Å²) < 4.78 is 1.93. The molecule has 0 fully saturated rings. The van der Waals surface area contributed by atoms with Crippen LogP contribution in [0, 0.1) is 3.95 Å². The minimum absolute atomic E-state index is 0.0869. The molecule has 5 heteroatoms. The highest BCUT2D eigenvalue weighted by molar-refractivity contribution is 7.73. The van der Waals surface area contributed by atoms with Gasteiger partial charge >= 0.3 is 4.87 Å². The third-order valence-corrected chi connectivity index (χ3v) is 2.56.